The maximum absolute atomic E-state index is 11.6. The van der Waals surface area contributed by atoms with E-state index in [0.29, 0.717) is 11.7 Å². The summed E-state index contributed by atoms with van der Waals surface area (Å²) in [6, 6.07) is 4.17. The van der Waals surface area contributed by atoms with Crippen LogP contribution < -0.4 is 9.47 Å². The van der Waals surface area contributed by atoms with Crippen molar-refractivity contribution in [3.05, 3.63) is 34.9 Å². The van der Waals surface area contributed by atoms with Gasteiger partial charge in [0.25, 0.3) is 0 Å². The lowest BCUT2D eigenvalue weighted by Gasteiger charge is -2.46. The number of rotatable bonds is 3. The summed E-state index contributed by atoms with van der Waals surface area (Å²) in [4.78, 5) is 11.6. The zero-order valence-electron chi connectivity index (χ0n) is 15.4. The molecule has 1 heterocycles. The Morgan fingerprint density at radius 1 is 1.38 bits per heavy atom. The van der Waals surface area contributed by atoms with Gasteiger partial charge in [-0.05, 0) is 57.7 Å². The van der Waals surface area contributed by atoms with Gasteiger partial charge in [0.05, 0.1) is 0 Å². The lowest BCUT2D eigenvalue weighted by molar-refractivity contribution is -0.132. The number of esters is 1. The van der Waals surface area contributed by atoms with Gasteiger partial charge in [-0.1, -0.05) is 25.0 Å². The van der Waals surface area contributed by atoms with Gasteiger partial charge >= 0.3 is 5.97 Å². The molecule has 0 unspecified atom stereocenters. The Hall–Kier alpha value is -1.77. The molecule has 0 saturated heterocycles. The van der Waals surface area contributed by atoms with Crippen LogP contribution in [-0.2, 0) is 11.2 Å². The van der Waals surface area contributed by atoms with Crippen molar-refractivity contribution in [3.63, 3.8) is 0 Å². The van der Waals surface area contributed by atoms with Gasteiger partial charge < -0.3 is 9.47 Å². The van der Waals surface area contributed by atoms with Crippen molar-refractivity contribution in [1.29, 1.82) is 0 Å². The molecule has 3 rings (SSSR count). The van der Waals surface area contributed by atoms with Gasteiger partial charge in [-0.3, -0.25) is 4.79 Å². The van der Waals surface area contributed by atoms with Gasteiger partial charge in [-0.25, -0.2) is 0 Å². The van der Waals surface area contributed by atoms with E-state index in [9.17, 15) is 4.79 Å². The minimum Gasteiger partial charge on any atom is -0.487 e. The molecule has 0 aromatic heterocycles. The molecule has 0 spiro atoms. The van der Waals surface area contributed by atoms with Crippen molar-refractivity contribution in [1.82, 2.24) is 0 Å². The molecule has 1 aliphatic carbocycles. The molecule has 3 heteroatoms. The summed E-state index contributed by atoms with van der Waals surface area (Å²) in [5, 5.41) is 0. The molecule has 0 N–H and O–H groups in total. The predicted molar refractivity (Wildman–Crippen MR) is 95.7 cm³/mol. The summed E-state index contributed by atoms with van der Waals surface area (Å²) in [7, 11) is 0. The molecule has 1 aliphatic heterocycles. The Balaban J connectivity index is 2.18. The van der Waals surface area contributed by atoms with E-state index in [-0.39, 0.29) is 17.5 Å². The monoisotopic (exact) mass is 328 g/mol. The first-order valence-electron chi connectivity index (χ1n) is 9.03. The van der Waals surface area contributed by atoms with Gasteiger partial charge in [-0.2, -0.15) is 0 Å². The molecule has 3 nitrogen and oxygen atoms in total. The largest absolute Gasteiger partial charge is 0.487 e. The smallest absolute Gasteiger partial charge is 0.308 e. The van der Waals surface area contributed by atoms with Gasteiger partial charge in [0.1, 0.15) is 17.1 Å². The lowest BCUT2D eigenvalue weighted by atomic mass is 9.68. The molecule has 1 aromatic carbocycles. The number of carbonyl (C=O) groups excluding carboxylic acids is 1. The maximum Gasteiger partial charge on any atom is 0.308 e. The van der Waals surface area contributed by atoms with Gasteiger partial charge in [0.2, 0.25) is 0 Å². The number of ether oxygens (including phenoxy) is 2. The topological polar surface area (TPSA) is 35.5 Å². The lowest BCUT2D eigenvalue weighted by Crippen LogP contribution is -2.45. The quantitative estimate of drug-likeness (QED) is 0.436. The highest BCUT2D eigenvalue weighted by atomic mass is 16.5. The first-order chi connectivity index (χ1) is 11.3. The van der Waals surface area contributed by atoms with Crippen LogP contribution in [0.25, 0.3) is 0 Å². The highest BCUT2D eigenvalue weighted by molar-refractivity contribution is 5.71. The van der Waals surface area contributed by atoms with Gasteiger partial charge in [0, 0.05) is 24.3 Å². The third kappa shape index (κ3) is 3.09. The average Bonchev–Trinajstić information content (AvgIpc) is 2.45. The molecule has 0 fully saturated rings. The second-order valence-corrected chi connectivity index (χ2v) is 7.74. The van der Waals surface area contributed by atoms with E-state index >= 15 is 0 Å². The molecular weight excluding hydrogens is 300 g/mol. The fraction of sp³-hybridized carbons (Fsp3) is 0.571. The fourth-order valence-corrected chi connectivity index (χ4v) is 4.23. The number of aryl methyl sites for hydroxylation is 1. The minimum atomic E-state index is -0.274. The number of hydrogen-bond acceptors (Lipinski definition) is 3. The van der Waals surface area contributed by atoms with E-state index in [2.05, 4.69) is 39.8 Å². The zero-order chi connectivity index (χ0) is 17.5. The highest BCUT2D eigenvalue weighted by Gasteiger charge is 2.45. The third-order valence-corrected chi connectivity index (χ3v) is 5.30. The van der Waals surface area contributed by atoms with Crippen molar-refractivity contribution < 1.29 is 14.3 Å². The zero-order valence-corrected chi connectivity index (χ0v) is 15.4. The Morgan fingerprint density at radius 3 is 2.79 bits per heavy atom. The Morgan fingerprint density at radius 2 is 2.12 bits per heavy atom. The standard InChI is InChI=1S/C21H28O3/c1-6-7-15-11-18(23-14(3)22)20-16-10-13(2)8-9-17(16)21(4,5)24-19(20)12-15/h10-12,16-17H,6-9H2,1-5H3/t16-,17-/m1/s1. The normalized spacial score (nSPS) is 24.3. The van der Waals surface area contributed by atoms with Crippen LogP contribution in [-0.4, -0.2) is 11.6 Å². The number of allylic oxidation sites excluding steroid dienone is 2. The van der Waals surface area contributed by atoms with E-state index in [1.165, 1.54) is 18.1 Å². The third-order valence-electron chi connectivity index (χ3n) is 5.30. The summed E-state index contributed by atoms with van der Waals surface area (Å²) < 4.78 is 12.0. The number of hydrogen-bond donors (Lipinski definition) is 0. The molecular formula is C21H28O3. The van der Waals surface area contributed by atoms with Crippen LogP contribution in [0.4, 0.5) is 0 Å². The fourth-order valence-electron chi connectivity index (χ4n) is 4.23. The SMILES string of the molecule is CCCc1cc(OC(C)=O)c2c(c1)OC(C)(C)[C@@H]1CCC(C)=C[C@@H]21. The van der Waals surface area contributed by atoms with Gasteiger partial charge in [0.15, 0.2) is 0 Å². The molecule has 2 atom stereocenters. The molecule has 0 bridgehead atoms. The van der Waals surface area contributed by atoms with E-state index in [4.69, 9.17) is 9.47 Å². The van der Waals surface area contributed by atoms with E-state index in [1.54, 1.807) is 0 Å². The average molecular weight is 328 g/mol. The predicted octanol–water partition coefficient (Wildman–Crippen LogP) is 5.18. The number of fused-ring (bicyclic) bond motifs is 3. The first kappa shape index (κ1) is 17.1. The summed E-state index contributed by atoms with van der Waals surface area (Å²) in [6.07, 6.45) is 6.57. The maximum atomic E-state index is 11.6. The van der Waals surface area contributed by atoms with E-state index in [1.807, 2.05) is 6.07 Å². The highest BCUT2D eigenvalue weighted by Crippen LogP contribution is 2.53. The van der Waals surface area contributed by atoms with Crippen molar-refractivity contribution in [2.45, 2.75) is 71.8 Å². The van der Waals surface area contributed by atoms with Crippen LogP contribution in [0.1, 0.15) is 70.9 Å². The van der Waals surface area contributed by atoms with Crippen molar-refractivity contribution >= 4 is 5.97 Å². The Bertz CT molecular complexity index is 685. The molecule has 130 valence electrons. The second kappa shape index (κ2) is 6.27. The van der Waals surface area contributed by atoms with Crippen molar-refractivity contribution in [3.8, 4) is 11.5 Å². The van der Waals surface area contributed by atoms with Crippen LogP contribution in [0.3, 0.4) is 0 Å². The minimum absolute atomic E-state index is 0.215. The van der Waals surface area contributed by atoms with Crippen molar-refractivity contribution in [2.24, 2.45) is 5.92 Å². The second-order valence-electron chi connectivity index (χ2n) is 7.74. The van der Waals surface area contributed by atoms with Crippen LogP contribution in [0.2, 0.25) is 0 Å². The summed E-state index contributed by atoms with van der Waals surface area (Å²) in [5.41, 5.74) is 3.41. The van der Waals surface area contributed by atoms with E-state index < -0.39 is 0 Å². The Kier molecular flexibility index (Phi) is 4.46. The van der Waals surface area contributed by atoms with Crippen LogP contribution in [0.15, 0.2) is 23.8 Å². The van der Waals surface area contributed by atoms with Crippen molar-refractivity contribution in [2.75, 3.05) is 0 Å². The molecule has 24 heavy (non-hydrogen) atoms. The molecule has 0 amide bonds. The number of carbonyl (C=O) groups is 1. The van der Waals surface area contributed by atoms with E-state index in [0.717, 1.165) is 37.0 Å². The summed E-state index contributed by atoms with van der Waals surface area (Å²) in [6.45, 7) is 10.2. The van der Waals surface area contributed by atoms with Gasteiger partial charge in [-0.15, -0.1) is 0 Å². The van der Waals surface area contributed by atoms with Crippen LogP contribution >= 0.6 is 0 Å². The molecule has 2 aliphatic rings. The first-order valence-corrected chi connectivity index (χ1v) is 9.03. The molecule has 0 radical (unpaired) electrons. The van der Waals surface area contributed by atoms with Crippen LogP contribution in [0, 0.1) is 5.92 Å². The van der Waals surface area contributed by atoms with Crippen LogP contribution in [0.5, 0.6) is 11.5 Å². The molecule has 0 saturated carbocycles. The summed E-state index contributed by atoms with van der Waals surface area (Å²) >= 11 is 0. The Labute approximate surface area is 145 Å². The summed E-state index contributed by atoms with van der Waals surface area (Å²) in [5.74, 6) is 1.95. The number of benzene rings is 1. The molecule has 1 aromatic rings.